The molecule has 1 aromatic heterocycles. The normalized spacial score (nSPS) is 11.5. The summed E-state index contributed by atoms with van der Waals surface area (Å²) in [5, 5.41) is 12.8. The van der Waals surface area contributed by atoms with Crippen molar-refractivity contribution >= 4 is 11.9 Å². The van der Waals surface area contributed by atoms with Crippen molar-refractivity contribution in [3.63, 3.8) is 0 Å². The zero-order chi connectivity index (χ0) is 21.5. The number of carbonyl (C=O) groups is 1. The highest BCUT2D eigenvalue weighted by Crippen LogP contribution is 2.24. The maximum atomic E-state index is 14.5. The number of hydrogen-bond acceptors (Lipinski definition) is 4. The van der Waals surface area contributed by atoms with Gasteiger partial charge in [0, 0.05) is 18.7 Å². The van der Waals surface area contributed by atoms with Crippen LogP contribution < -0.4 is 5.73 Å². The van der Waals surface area contributed by atoms with E-state index in [1.807, 2.05) is 36.4 Å². The Balaban J connectivity index is 1.56. The minimum atomic E-state index is -0.995. The van der Waals surface area contributed by atoms with E-state index in [2.05, 4.69) is 10.1 Å². The van der Waals surface area contributed by atoms with Crippen LogP contribution in [0.2, 0.25) is 0 Å². The highest BCUT2D eigenvalue weighted by Gasteiger charge is 2.10. The molecular formula is C22H23FN4O3. The number of likely N-dealkylation sites (N-methyl/N-ethyl adjacent to an activating group) is 1. The summed E-state index contributed by atoms with van der Waals surface area (Å²) >= 11 is 0. The van der Waals surface area contributed by atoms with E-state index >= 15 is 0 Å². The van der Waals surface area contributed by atoms with Crippen LogP contribution in [-0.4, -0.2) is 40.7 Å². The van der Waals surface area contributed by atoms with Gasteiger partial charge in [0.25, 0.3) is 0 Å². The second-order valence-electron chi connectivity index (χ2n) is 6.89. The lowest BCUT2D eigenvalue weighted by Gasteiger charge is -2.14. The molecule has 0 aliphatic rings. The van der Waals surface area contributed by atoms with Crippen LogP contribution in [0.15, 0.2) is 64.1 Å². The van der Waals surface area contributed by atoms with E-state index < -0.39 is 5.97 Å². The Bertz CT molecular complexity index is 1030. The van der Waals surface area contributed by atoms with Crippen molar-refractivity contribution < 1.29 is 18.8 Å². The van der Waals surface area contributed by atoms with Gasteiger partial charge in [-0.1, -0.05) is 47.6 Å². The average molecular weight is 410 g/mol. The molecular weight excluding hydrogens is 387 g/mol. The number of carboxylic acids is 1. The van der Waals surface area contributed by atoms with Gasteiger partial charge in [0.1, 0.15) is 18.9 Å². The van der Waals surface area contributed by atoms with Gasteiger partial charge in [0.2, 0.25) is 0 Å². The number of benzene rings is 2. The zero-order valence-corrected chi connectivity index (χ0v) is 16.6. The topological polar surface area (TPSA) is 105 Å². The number of aliphatic imine (C=N–C) groups is 1. The van der Waals surface area contributed by atoms with E-state index in [-0.39, 0.29) is 24.9 Å². The summed E-state index contributed by atoms with van der Waals surface area (Å²) in [6.07, 6.45) is 1.20. The van der Waals surface area contributed by atoms with Crippen LogP contribution in [0.1, 0.15) is 17.0 Å². The van der Waals surface area contributed by atoms with Crippen molar-refractivity contribution in [2.24, 2.45) is 10.7 Å². The van der Waals surface area contributed by atoms with Gasteiger partial charge in [-0.05, 0) is 30.0 Å². The van der Waals surface area contributed by atoms with Gasteiger partial charge in [-0.25, -0.2) is 9.38 Å². The van der Waals surface area contributed by atoms with E-state index in [4.69, 9.17) is 15.4 Å². The van der Waals surface area contributed by atoms with Gasteiger partial charge in [-0.2, -0.15) is 0 Å². The Kier molecular flexibility index (Phi) is 6.79. The summed E-state index contributed by atoms with van der Waals surface area (Å²) < 4.78 is 19.7. The highest BCUT2D eigenvalue weighted by molar-refractivity contribution is 5.82. The van der Waals surface area contributed by atoms with Crippen molar-refractivity contribution in [3.8, 4) is 11.1 Å². The maximum absolute atomic E-state index is 14.5. The van der Waals surface area contributed by atoms with Crippen LogP contribution in [0, 0.1) is 5.82 Å². The standard InChI is InChI=1S/C22H23FN4O3/c1-27(14-21(28)29)22(24)25-13-18-12-17(26-30-18)9-7-15-8-10-19(20(23)11-15)16-5-3-2-4-6-16/h2-6,8,10-12H,7,9,13-14H2,1H3,(H2,24,25)(H,28,29). The molecule has 0 amide bonds. The van der Waals surface area contributed by atoms with Crippen LogP contribution in [0.4, 0.5) is 4.39 Å². The lowest BCUT2D eigenvalue weighted by atomic mass is 10.0. The van der Waals surface area contributed by atoms with Gasteiger partial charge >= 0.3 is 5.97 Å². The molecule has 0 aliphatic heterocycles. The molecule has 3 aromatic rings. The van der Waals surface area contributed by atoms with Crippen LogP contribution in [-0.2, 0) is 24.2 Å². The predicted octanol–water partition coefficient (Wildman–Crippen LogP) is 3.10. The van der Waals surface area contributed by atoms with Crippen molar-refractivity contribution in [2.45, 2.75) is 19.4 Å². The molecule has 0 saturated heterocycles. The molecule has 8 heteroatoms. The SMILES string of the molecule is CN(CC(=O)O)C(N)=NCc1cc(CCc2ccc(-c3ccccc3)c(F)c2)no1. The number of aliphatic carboxylic acids is 1. The Morgan fingerprint density at radius 1 is 1.20 bits per heavy atom. The van der Waals surface area contributed by atoms with Crippen LogP contribution in [0.3, 0.4) is 0 Å². The van der Waals surface area contributed by atoms with E-state index in [9.17, 15) is 9.18 Å². The first-order valence-electron chi connectivity index (χ1n) is 9.43. The molecule has 0 radical (unpaired) electrons. The first kappa shape index (κ1) is 21.0. The number of hydrogen-bond donors (Lipinski definition) is 2. The summed E-state index contributed by atoms with van der Waals surface area (Å²) in [7, 11) is 1.54. The van der Waals surface area contributed by atoms with Crippen molar-refractivity contribution in [3.05, 3.63) is 77.4 Å². The number of halogens is 1. The molecule has 1 heterocycles. The van der Waals surface area contributed by atoms with Gasteiger partial charge in [-0.3, -0.25) is 4.79 Å². The maximum Gasteiger partial charge on any atom is 0.323 e. The van der Waals surface area contributed by atoms with Crippen molar-refractivity contribution in [2.75, 3.05) is 13.6 Å². The summed E-state index contributed by atoms with van der Waals surface area (Å²) in [6.45, 7) is -0.0835. The first-order valence-corrected chi connectivity index (χ1v) is 9.43. The fourth-order valence-electron chi connectivity index (χ4n) is 2.95. The molecule has 30 heavy (non-hydrogen) atoms. The largest absolute Gasteiger partial charge is 0.480 e. The highest BCUT2D eigenvalue weighted by atomic mass is 19.1. The predicted molar refractivity (Wildman–Crippen MR) is 111 cm³/mol. The third-order valence-electron chi connectivity index (χ3n) is 4.56. The summed E-state index contributed by atoms with van der Waals surface area (Å²) in [5.41, 5.74) is 8.75. The van der Waals surface area contributed by atoms with Gasteiger partial charge < -0.3 is 20.3 Å². The Hall–Kier alpha value is -3.68. The van der Waals surface area contributed by atoms with Crippen LogP contribution >= 0.6 is 0 Å². The Morgan fingerprint density at radius 3 is 2.67 bits per heavy atom. The lowest BCUT2D eigenvalue weighted by molar-refractivity contribution is -0.137. The zero-order valence-electron chi connectivity index (χ0n) is 16.6. The van der Waals surface area contributed by atoms with E-state index in [1.54, 1.807) is 25.2 Å². The number of aryl methyl sites for hydroxylation is 2. The molecule has 3 N–H and O–H groups in total. The smallest absolute Gasteiger partial charge is 0.323 e. The first-order chi connectivity index (χ1) is 14.4. The minimum absolute atomic E-state index is 0.101. The number of aromatic nitrogens is 1. The second kappa shape index (κ2) is 9.69. The molecule has 7 nitrogen and oxygen atoms in total. The quantitative estimate of drug-likeness (QED) is 0.437. The number of nitrogens with two attached hydrogens (primary N) is 1. The van der Waals surface area contributed by atoms with Gasteiger partial charge in [0.05, 0.1) is 5.69 Å². The van der Waals surface area contributed by atoms with Gasteiger partial charge in [0.15, 0.2) is 11.7 Å². The molecule has 0 atom stereocenters. The second-order valence-corrected chi connectivity index (χ2v) is 6.89. The molecule has 156 valence electrons. The third kappa shape index (κ3) is 5.66. The molecule has 2 aromatic carbocycles. The molecule has 3 rings (SSSR count). The minimum Gasteiger partial charge on any atom is -0.480 e. The summed E-state index contributed by atoms with van der Waals surface area (Å²) in [6, 6.07) is 16.4. The van der Waals surface area contributed by atoms with Crippen molar-refractivity contribution in [1.29, 1.82) is 0 Å². The number of guanidine groups is 1. The molecule has 0 fully saturated rings. The molecule has 0 aliphatic carbocycles. The van der Waals surface area contributed by atoms with E-state index in [0.29, 0.717) is 24.2 Å². The molecule has 0 unspecified atom stereocenters. The van der Waals surface area contributed by atoms with Crippen LogP contribution in [0.25, 0.3) is 11.1 Å². The molecule has 0 spiro atoms. The lowest BCUT2D eigenvalue weighted by Crippen LogP contribution is -2.37. The third-order valence-corrected chi connectivity index (χ3v) is 4.56. The number of nitrogens with zero attached hydrogens (tertiary/aromatic N) is 3. The fourth-order valence-corrected chi connectivity index (χ4v) is 2.95. The summed E-state index contributed by atoms with van der Waals surface area (Å²) in [5.74, 6) is -0.632. The van der Waals surface area contributed by atoms with E-state index in [1.165, 1.54) is 4.90 Å². The molecule has 0 bridgehead atoms. The Morgan fingerprint density at radius 2 is 1.97 bits per heavy atom. The number of carboxylic acid groups (broad SMARTS) is 1. The number of rotatable bonds is 8. The van der Waals surface area contributed by atoms with Gasteiger partial charge in [-0.15, -0.1) is 0 Å². The van der Waals surface area contributed by atoms with Crippen molar-refractivity contribution in [1.82, 2.24) is 10.1 Å². The fraction of sp³-hybridized carbons (Fsp3) is 0.227. The van der Waals surface area contributed by atoms with Crippen LogP contribution in [0.5, 0.6) is 0 Å². The summed E-state index contributed by atoms with van der Waals surface area (Å²) in [4.78, 5) is 16.1. The Labute approximate surface area is 173 Å². The van der Waals surface area contributed by atoms with E-state index in [0.717, 1.165) is 16.8 Å². The molecule has 0 saturated carbocycles. The average Bonchev–Trinajstić information content (AvgIpc) is 3.18. The monoisotopic (exact) mass is 410 g/mol.